The summed E-state index contributed by atoms with van der Waals surface area (Å²) in [6.45, 7) is 0. The van der Waals surface area contributed by atoms with E-state index in [1.54, 1.807) is 0 Å². The molecule has 0 rings (SSSR count). The minimum Gasteiger partial charge on any atom is -0.481 e. The molecule has 4 N–H and O–H groups in total. The van der Waals surface area contributed by atoms with Crippen LogP contribution in [0.3, 0.4) is 0 Å². The maximum absolute atomic E-state index is 10.3. The summed E-state index contributed by atoms with van der Waals surface area (Å²) >= 11 is 0. The highest BCUT2D eigenvalue weighted by atomic mass is 16.4. The van der Waals surface area contributed by atoms with Crippen molar-refractivity contribution in [3.05, 3.63) is 5.92 Å². The van der Waals surface area contributed by atoms with E-state index in [1.807, 2.05) is 0 Å². The maximum Gasteiger partial charge on any atom is 0.324 e. The number of aliphatic carboxylic acids is 4. The Labute approximate surface area is 76.4 Å². The van der Waals surface area contributed by atoms with Crippen LogP contribution in [0, 0.1) is 11.8 Å². The van der Waals surface area contributed by atoms with E-state index in [0.717, 1.165) is 0 Å². The number of carbonyl (C=O) groups is 4. The van der Waals surface area contributed by atoms with Crippen LogP contribution in [0.4, 0.5) is 0 Å². The minimum atomic E-state index is -2.58. The lowest BCUT2D eigenvalue weighted by Gasteiger charge is -2.10. The maximum atomic E-state index is 10.3. The zero-order valence-corrected chi connectivity index (χ0v) is 6.50. The first-order valence-corrected chi connectivity index (χ1v) is 3.08. The number of hydrogen-bond donors (Lipinski definition) is 4. The molecule has 0 aliphatic carbocycles. The van der Waals surface area contributed by atoms with Gasteiger partial charge in [0.05, 0.1) is 0 Å². The first kappa shape index (κ1) is 11.9. The Kier molecular flexibility index (Phi) is 3.57. The standard InChI is InChI=1S/C6H5O8/c7-3(8)1(4(9)10)2(5(11)12)6(13)14/h1H,(H,7,8)(H,9,10)(H,11,12)(H,13,14). The molecule has 0 unspecified atom stereocenters. The first-order valence-electron chi connectivity index (χ1n) is 3.08. The van der Waals surface area contributed by atoms with Gasteiger partial charge in [-0.15, -0.1) is 0 Å². The Balaban J connectivity index is 5.13. The van der Waals surface area contributed by atoms with Crippen molar-refractivity contribution in [1.82, 2.24) is 0 Å². The van der Waals surface area contributed by atoms with Crippen molar-refractivity contribution in [2.24, 2.45) is 5.92 Å². The van der Waals surface area contributed by atoms with Gasteiger partial charge in [0.1, 0.15) is 0 Å². The molecule has 0 saturated carbocycles. The van der Waals surface area contributed by atoms with Crippen molar-refractivity contribution in [2.45, 2.75) is 0 Å². The Morgan fingerprint density at radius 2 is 1.00 bits per heavy atom. The van der Waals surface area contributed by atoms with Gasteiger partial charge < -0.3 is 20.4 Å². The molecule has 0 bridgehead atoms. The first-order chi connectivity index (χ1) is 6.29. The molecular formula is C6H5O8. The van der Waals surface area contributed by atoms with Crippen LogP contribution in [-0.4, -0.2) is 44.3 Å². The third-order valence-corrected chi connectivity index (χ3v) is 1.24. The summed E-state index contributed by atoms with van der Waals surface area (Å²) in [5.41, 5.74) is 0. The second-order valence-electron chi connectivity index (χ2n) is 2.13. The molecule has 77 valence electrons. The van der Waals surface area contributed by atoms with E-state index in [9.17, 15) is 19.2 Å². The summed E-state index contributed by atoms with van der Waals surface area (Å²) in [6.07, 6.45) is 0. The van der Waals surface area contributed by atoms with Gasteiger partial charge in [0.15, 0.2) is 5.92 Å². The predicted octanol–water partition coefficient (Wildman–Crippen LogP) is -1.48. The monoisotopic (exact) mass is 205 g/mol. The molecule has 0 heterocycles. The second-order valence-corrected chi connectivity index (χ2v) is 2.13. The molecule has 8 heteroatoms. The molecule has 0 amide bonds. The van der Waals surface area contributed by atoms with Crippen LogP contribution in [0.15, 0.2) is 0 Å². The van der Waals surface area contributed by atoms with Crippen molar-refractivity contribution >= 4 is 23.9 Å². The molecule has 0 aromatic rings. The van der Waals surface area contributed by atoms with Crippen molar-refractivity contribution in [3.63, 3.8) is 0 Å². The highest BCUT2D eigenvalue weighted by Crippen LogP contribution is 2.16. The summed E-state index contributed by atoms with van der Waals surface area (Å²) in [6, 6.07) is 0. The lowest BCUT2D eigenvalue weighted by molar-refractivity contribution is -0.161. The van der Waals surface area contributed by atoms with Crippen LogP contribution in [0.1, 0.15) is 0 Å². The fraction of sp³-hybridized carbons (Fsp3) is 0.167. The lowest BCUT2D eigenvalue weighted by Crippen LogP contribution is -2.38. The Morgan fingerprint density at radius 3 is 1.07 bits per heavy atom. The molecule has 0 saturated heterocycles. The van der Waals surface area contributed by atoms with Crippen LogP contribution in [0.5, 0.6) is 0 Å². The van der Waals surface area contributed by atoms with E-state index in [1.165, 1.54) is 0 Å². The van der Waals surface area contributed by atoms with Crippen LogP contribution in [0.2, 0.25) is 0 Å². The van der Waals surface area contributed by atoms with Gasteiger partial charge in [-0.05, 0) is 0 Å². The van der Waals surface area contributed by atoms with E-state index in [0.29, 0.717) is 0 Å². The van der Waals surface area contributed by atoms with Crippen molar-refractivity contribution in [3.8, 4) is 0 Å². The largest absolute Gasteiger partial charge is 0.481 e. The average Bonchev–Trinajstić information content (AvgIpc) is 1.96. The normalized spacial score (nSPS) is 10.1. The molecular weight excluding hydrogens is 200 g/mol. The summed E-state index contributed by atoms with van der Waals surface area (Å²) in [7, 11) is 0. The zero-order valence-electron chi connectivity index (χ0n) is 6.50. The number of rotatable bonds is 5. The zero-order chi connectivity index (χ0) is 11.5. The molecule has 1 radical (unpaired) electrons. The van der Waals surface area contributed by atoms with E-state index < -0.39 is 35.7 Å². The number of carboxylic acid groups (broad SMARTS) is 4. The Morgan fingerprint density at radius 1 is 0.714 bits per heavy atom. The third kappa shape index (κ3) is 2.44. The molecule has 0 fully saturated rings. The van der Waals surface area contributed by atoms with Crippen molar-refractivity contribution in [1.29, 1.82) is 0 Å². The van der Waals surface area contributed by atoms with E-state index in [-0.39, 0.29) is 0 Å². The molecule has 14 heavy (non-hydrogen) atoms. The Hall–Kier alpha value is -2.12. The minimum absolute atomic E-state index is 1.61. The second kappa shape index (κ2) is 4.21. The summed E-state index contributed by atoms with van der Waals surface area (Å²) < 4.78 is 0. The van der Waals surface area contributed by atoms with Crippen LogP contribution in [-0.2, 0) is 19.2 Å². The van der Waals surface area contributed by atoms with Gasteiger partial charge in [0.2, 0.25) is 5.92 Å². The highest BCUT2D eigenvalue weighted by Gasteiger charge is 2.45. The highest BCUT2D eigenvalue weighted by molar-refractivity contribution is 6.17. The smallest absolute Gasteiger partial charge is 0.324 e. The van der Waals surface area contributed by atoms with Crippen LogP contribution >= 0.6 is 0 Å². The molecule has 8 nitrogen and oxygen atoms in total. The van der Waals surface area contributed by atoms with Gasteiger partial charge >= 0.3 is 23.9 Å². The van der Waals surface area contributed by atoms with E-state index >= 15 is 0 Å². The third-order valence-electron chi connectivity index (χ3n) is 1.24. The average molecular weight is 205 g/mol. The van der Waals surface area contributed by atoms with Gasteiger partial charge in [-0.3, -0.25) is 19.2 Å². The van der Waals surface area contributed by atoms with E-state index in [4.69, 9.17) is 20.4 Å². The fourth-order valence-corrected chi connectivity index (χ4v) is 0.691. The van der Waals surface area contributed by atoms with Gasteiger partial charge in [-0.2, -0.15) is 0 Å². The predicted molar refractivity (Wildman–Crippen MR) is 37.3 cm³/mol. The number of carboxylic acids is 4. The lowest BCUT2D eigenvalue weighted by atomic mass is 9.93. The molecule has 0 aliphatic rings. The molecule has 0 aliphatic heterocycles. The van der Waals surface area contributed by atoms with Crippen LogP contribution < -0.4 is 0 Å². The summed E-state index contributed by atoms with van der Waals surface area (Å²) in [5, 5.41) is 33.1. The van der Waals surface area contributed by atoms with Gasteiger partial charge in [0, 0.05) is 0 Å². The van der Waals surface area contributed by atoms with Crippen molar-refractivity contribution in [2.75, 3.05) is 0 Å². The van der Waals surface area contributed by atoms with Gasteiger partial charge in [-0.1, -0.05) is 0 Å². The summed E-state index contributed by atoms with van der Waals surface area (Å²) in [5.74, 6) is -12.5. The van der Waals surface area contributed by atoms with E-state index in [2.05, 4.69) is 0 Å². The van der Waals surface area contributed by atoms with Gasteiger partial charge in [-0.25, -0.2) is 0 Å². The quantitative estimate of drug-likeness (QED) is 0.396. The molecule has 0 aromatic carbocycles. The molecule has 0 atom stereocenters. The number of hydrogen-bond acceptors (Lipinski definition) is 4. The fourth-order valence-electron chi connectivity index (χ4n) is 0.691. The van der Waals surface area contributed by atoms with Gasteiger partial charge in [0.25, 0.3) is 0 Å². The molecule has 0 spiro atoms. The topological polar surface area (TPSA) is 149 Å². The SMILES string of the molecule is O=C(O)[C](C(=O)O)C(C(=O)O)C(=O)O. The molecule has 0 aromatic heterocycles. The summed E-state index contributed by atoms with van der Waals surface area (Å²) in [4.78, 5) is 41.0. The van der Waals surface area contributed by atoms with Crippen molar-refractivity contribution < 1.29 is 39.6 Å². The van der Waals surface area contributed by atoms with Crippen LogP contribution in [0.25, 0.3) is 0 Å². The Bertz CT molecular complexity index is 234.